The van der Waals surface area contributed by atoms with Crippen molar-refractivity contribution in [2.45, 2.75) is 25.3 Å². The number of carbonyl (C=O) groups excluding carboxylic acids is 1. The minimum atomic E-state index is -1.05. The van der Waals surface area contributed by atoms with Gasteiger partial charge in [0.05, 0.1) is 12.3 Å². The first-order valence-corrected chi connectivity index (χ1v) is 8.83. The zero-order valence-electron chi connectivity index (χ0n) is 15.0. The zero-order valence-corrected chi connectivity index (χ0v) is 15.0. The molecule has 2 aromatic rings. The van der Waals surface area contributed by atoms with Gasteiger partial charge in [0.25, 0.3) is 0 Å². The summed E-state index contributed by atoms with van der Waals surface area (Å²) in [6.45, 7) is 1.31. The monoisotopic (exact) mass is 378 g/mol. The molecule has 1 amide bonds. The van der Waals surface area contributed by atoms with Crippen molar-refractivity contribution in [1.29, 1.82) is 0 Å². The summed E-state index contributed by atoms with van der Waals surface area (Å²) >= 11 is 0. The highest BCUT2D eigenvalue weighted by Crippen LogP contribution is 2.30. The van der Waals surface area contributed by atoms with Gasteiger partial charge in [-0.3, -0.25) is 5.32 Å². The number of carbonyl (C=O) groups is 1. The van der Waals surface area contributed by atoms with E-state index >= 15 is 0 Å². The fourth-order valence-corrected chi connectivity index (χ4v) is 3.31. The molecule has 1 saturated heterocycles. The van der Waals surface area contributed by atoms with Crippen LogP contribution in [0.3, 0.4) is 0 Å². The first-order valence-electron chi connectivity index (χ1n) is 8.83. The quantitative estimate of drug-likeness (QED) is 0.812. The summed E-state index contributed by atoms with van der Waals surface area (Å²) in [5.41, 5.74) is 0.739. The molecule has 1 N–H and O–H groups in total. The topological polar surface area (TPSA) is 41.6 Å². The second-order valence-corrected chi connectivity index (χ2v) is 6.65. The van der Waals surface area contributed by atoms with Crippen molar-refractivity contribution in [2.24, 2.45) is 0 Å². The molecule has 27 heavy (non-hydrogen) atoms. The summed E-state index contributed by atoms with van der Waals surface area (Å²) in [4.78, 5) is 14.3. The number of ether oxygens (including phenoxy) is 1. The Hall–Kier alpha value is -2.54. The summed E-state index contributed by atoms with van der Waals surface area (Å²) in [5.74, 6) is -2.61. The van der Waals surface area contributed by atoms with E-state index in [0.29, 0.717) is 6.04 Å². The molecule has 1 aliphatic rings. The van der Waals surface area contributed by atoms with Crippen molar-refractivity contribution < 1.29 is 22.7 Å². The van der Waals surface area contributed by atoms with Gasteiger partial charge in [0.15, 0.2) is 11.6 Å². The number of likely N-dealkylation sites (tertiary alicyclic amines) is 1. The van der Waals surface area contributed by atoms with Crippen molar-refractivity contribution >= 4 is 11.8 Å². The number of halogens is 3. The Kier molecular flexibility index (Phi) is 6.01. The van der Waals surface area contributed by atoms with Crippen LogP contribution in [0.25, 0.3) is 11.1 Å². The maximum atomic E-state index is 13.6. The summed E-state index contributed by atoms with van der Waals surface area (Å²) in [6.07, 6.45) is 2.29. The molecule has 144 valence electrons. The van der Waals surface area contributed by atoms with E-state index in [2.05, 4.69) is 10.2 Å². The lowest BCUT2D eigenvalue weighted by molar-refractivity contribution is 0.147. The summed E-state index contributed by atoms with van der Waals surface area (Å²) in [5, 5.41) is 2.55. The predicted molar refractivity (Wildman–Crippen MR) is 97.0 cm³/mol. The number of nitrogens with one attached hydrogen (secondary N) is 1. The van der Waals surface area contributed by atoms with Crippen LogP contribution in [-0.2, 0) is 4.74 Å². The van der Waals surface area contributed by atoms with E-state index < -0.39 is 23.5 Å². The normalized spacial score (nSPS) is 17.1. The van der Waals surface area contributed by atoms with Gasteiger partial charge in [-0.2, -0.15) is 0 Å². The van der Waals surface area contributed by atoms with Gasteiger partial charge >= 0.3 is 6.09 Å². The molecule has 1 heterocycles. The highest BCUT2D eigenvalue weighted by Gasteiger charge is 2.21. The second-order valence-electron chi connectivity index (χ2n) is 6.65. The number of amides is 1. The lowest BCUT2D eigenvalue weighted by Crippen LogP contribution is -2.27. The lowest BCUT2D eigenvalue weighted by Gasteiger charge is -2.19. The maximum absolute atomic E-state index is 13.6. The predicted octanol–water partition coefficient (Wildman–Crippen LogP) is 4.80. The van der Waals surface area contributed by atoms with E-state index in [1.807, 2.05) is 7.05 Å². The summed E-state index contributed by atoms with van der Waals surface area (Å²) in [6, 6.07) is 7.31. The molecular formula is C20H21F3N2O2. The number of nitrogens with zero attached hydrogens (tertiary/aromatic N) is 1. The molecule has 1 unspecified atom stereocenters. The van der Waals surface area contributed by atoms with E-state index in [9.17, 15) is 18.0 Å². The summed E-state index contributed by atoms with van der Waals surface area (Å²) in [7, 11) is 2.05. The van der Waals surface area contributed by atoms with Crippen molar-refractivity contribution in [3.05, 3.63) is 53.8 Å². The van der Waals surface area contributed by atoms with Crippen LogP contribution in [0, 0.1) is 17.5 Å². The third-order valence-electron chi connectivity index (χ3n) is 4.80. The fourth-order valence-electron chi connectivity index (χ4n) is 3.31. The average Bonchev–Trinajstić information content (AvgIpc) is 3.04. The largest absolute Gasteiger partial charge is 0.449 e. The lowest BCUT2D eigenvalue weighted by atomic mass is 10.0. The Bertz CT molecular complexity index is 829. The van der Waals surface area contributed by atoms with Crippen LogP contribution in [0.1, 0.15) is 19.3 Å². The number of hydrogen-bond acceptors (Lipinski definition) is 3. The third kappa shape index (κ3) is 4.80. The van der Waals surface area contributed by atoms with Gasteiger partial charge in [0.2, 0.25) is 0 Å². The van der Waals surface area contributed by atoms with Crippen LogP contribution in [0.4, 0.5) is 23.7 Å². The Balaban J connectivity index is 1.67. The first kappa shape index (κ1) is 19.2. The third-order valence-corrected chi connectivity index (χ3v) is 4.80. The zero-order chi connectivity index (χ0) is 19.4. The van der Waals surface area contributed by atoms with Gasteiger partial charge in [-0.15, -0.1) is 0 Å². The number of anilines is 1. The Morgan fingerprint density at radius 2 is 2.00 bits per heavy atom. The Morgan fingerprint density at radius 1 is 1.19 bits per heavy atom. The Labute approximate surface area is 155 Å². The van der Waals surface area contributed by atoms with Crippen molar-refractivity contribution in [3.8, 4) is 11.1 Å². The molecule has 0 saturated carbocycles. The molecule has 2 aromatic carbocycles. The molecule has 0 spiro atoms. The van der Waals surface area contributed by atoms with E-state index in [1.165, 1.54) is 18.2 Å². The molecule has 1 aliphatic heterocycles. The molecule has 0 aromatic heterocycles. The van der Waals surface area contributed by atoms with Crippen LogP contribution in [0.15, 0.2) is 36.4 Å². The van der Waals surface area contributed by atoms with Crippen LogP contribution >= 0.6 is 0 Å². The van der Waals surface area contributed by atoms with Gasteiger partial charge in [-0.1, -0.05) is 6.07 Å². The van der Waals surface area contributed by atoms with E-state index in [4.69, 9.17) is 4.74 Å². The van der Waals surface area contributed by atoms with E-state index in [0.717, 1.165) is 44.0 Å². The molecule has 0 aliphatic carbocycles. The smallest absolute Gasteiger partial charge is 0.411 e. The minimum absolute atomic E-state index is 0.237. The second kappa shape index (κ2) is 8.43. The standard InChI is InChI=1S/C20H21F3N2O2/c1-25-9-2-3-15(25)8-10-27-20(26)24-19-7-5-14(21)12-16(19)13-4-6-17(22)18(23)11-13/h4-7,11-12,15H,2-3,8-10H2,1H3,(H,24,26). The van der Waals surface area contributed by atoms with E-state index in [-0.39, 0.29) is 23.4 Å². The average molecular weight is 378 g/mol. The van der Waals surface area contributed by atoms with Gasteiger partial charge in [0.1, 0.15) is 5.82 Å². The van der Waals surface area contributed by atoms with Crippen molar-refractivity contribution in [2.75, 3.05) is 25.5 Å². The number of rotatable bonds is 5. The van der Waals surface area contributed by atoms with Crippen LogP contribution < -0.4 is 5.32 Å². The van der Waals surface area contributed by atoms with Crippen molar-refractivity contribution in [3.63, 3.8) is 0 Å². The maximum Gasteiger partial charge on any atom is 0.411 e. The van der Waals surface area contributed by atoms with Gasteiger partial charge < -0.3 is 9.64 Å². The van der Waals surface area contributed by atoms with Crippen LogP contribution in [0.5, 0.6) is 0 Å². The molecule has 7 heteroatoms. The molecule has 0 radical (unpaired) electrons. The molecule has 0 bridgehead atoms. The SMILES string of the molecule is CN1CCCC1CCOC(=O)Nc1ccc(F)cc1-c1ccc(F)c(F)c1. The van der Waals surface area contributed by atoms with E-state index in [1.54, 1.807) is 0 Å². The number of hydrogen-bond donors (Lipinski definition) is 1. The van der Waals surface area contributed by atoms with Crippen molar-refractivity contribution in [1.82, 2.24) is 4.90 Å². The number of benzene rings is 2. The van der Waals surface area contributed by atoms with Gasteiger partial charge in [-0.25, -0.2) is 18.0 Å². The van der Waals surface area contributed by atoms with Crippen LogP contribution in [-0.4, -0.2) is 37.2 Å². The highest BCUT2D eigenvalue weighted by molar-refractivity contribution is 5.91. The first-order chi connectivity index (χ1) is 12.9. The molecule has 1 atom stereocenters. The Morgan fingerprint density at radius 3 is 2.70 bits per heavy atom. The molecule has 3 rings (SSSR count). The van der Waals surface area contributed by atoms with Gasteiger partial charge in [0, 0.05) is 11.6 Å². The fraction of sp³-hybridized carbons (Fsp3) is 0.350. The molecule has 1 fully saturated rings. The van der Waals surface area contributed by atoms with Gasteiger partial charge in [-0.05, 0) is 68.8 Å². The molecule has 4 nitrogen and oxygen atoms in total. The van der Waals surface area contributed by atoms with Crippen LogP contribution in [0.2, 0.25) is 0 Å². The minimum Gasteiger partial charge on any atom is -0.449 e. The molecular weight excluding hydrogens is 357 g/mol. The highest BCUT2D eigenvalue weighted by atomic mass is 19.2. The summed E-state index contributed by atoms with van der Waals surface area (Å²) < 4.78 is 45.5.